The molecule has 1 amide bonds. The fourth-order valence-electron chi connectivity index (χ4n) is 4.01. The fraction of sp³-hybridized carbons (Fsp3) is 0.588. The molecule has 0 unspecified atom stereocenters. The largest absolute Gasteiger partial charge is 0.375 e. The molecule has 1 saturated heterocycles. The molecule has 1 aromatic carbocycles. The van der Waals surface area contributed by atoms with Crippen molar-refractivity contribution in [2.45, 2.75) is 29.7 Å². The van der Waals surface area contributed by atoms with Crippen LogP contribution in [0.15, 0.2) is 29.2 Å². The van der Waals surface area contributed by atoms with Crippen LogP contribution in [0.3, 0.4) is 0 Å². The van der Waals surface area contributed by atoms with Gasteiger partial charge >= 0.3 is 0 Å². The highest BCUT2D eigenvalue weighted by Crippen LogP contribution is 2.50. The van der Waals surface area contributed by atoms with Gasteiger partial charge in [0.1, 0.15) is 6.61 Å². The maximum Gasteiger partial charge on any atom is 0.248 e. The first-order valence-corrected chi connectivity index (χ1v) is 9.82. The molecule has 0 aromatic heterocycles. The number of methoxy groups -OCH3 is 1. The Morgan fingerprint density at radius 1 is 1.33 bits per heavy atom. The number of carbonyl (C=O) groups excluding carboxylic acids is 1. The minimum Gasteiger partial charge on any atom is -0.375 e. The second-order valence-electron chi connectivity index (χ2n) is 7.01. The number of hydrogen-bond acceptors (Lipinski definition) is 4. The van der Waals surface area contributed by atoms with Crippen LogP contribution in [0.1, 0.15) is 24.8 Å². The van der Waals surface area contributed by atoms with Crippen LogP contribution in [-0.2, 0) is 25.1 Å². The quantitative estimate of drug-likeness (QED) is 0.818. The zero-order chi connectivity index (χ0) is 16.9. The summed E-state index contributed by atoms with van der Waals surface area (Å²) in [6.07, 6.45) is 2.82. The first-order chi connectivity index (χ1) is 11.5. The van der Waals surface area contributed by atoms with Crippen molar-refractivity contribution in [1.82, 2.24) is 9.21 Å². The summed E-state index contributed by atoms with van der Waals surface area (Å²) >= 11 is 0. The van der Waals surface area contributed by atoms with Crippen molar-refractivity contribution < 1.29 is 17.9 Å². The van der Waals surface area contributed by atoms with Crippen molar-refractivity contribution >= 4 is 15.9 Å². The van der Waals surface area contributed by atoms with E-state index >= 15 is 0 Å². The summed E-state index contributed by atoms with van der Waals surface area (Å²) in [6, 6.07) is 7.26. The van der Waals surface area contributed by atoms with Gasteiger partial charge in [0.25, 0.3) is 0 Å². The summed E-state index contributed by atoms with van der Waals surface area (Å²) in [5, 5.41) is 0. The van der Waals surface area contributed by atoms with Crippen LogP contribution >= 0.6 is 0 Å². The van der Waals surface area contributed by atoms with Crippen molar-refractivity contribution in [3.8, 4) is 0 Å². The predicted molar refractivity (Wildman–Crippen MR) is 87.8 cm³/mol. The van der Waals surface area contributed by atoms with E-state index in [2.05, 4.69) is 0 Å². The summed E-state index contributed by atoms with van der Waals surface area (Å²) in [5.74, 6) is 0.372. The minimum absolute atomic E-state index is 0.0348. The lowest BCUT2D eigenvalue weighted by Crippen LogP contribution is -2.47. The normalized spacial score (nSPS) is 28.5. The van der Waals surface area contributed by atoms with Crippen LogP contribution in [0.4, 0.5) is 0 Å². The number of likely N-dealkylation sites (tertiary alicyclic amines) is 1. The van der Waals surface area contributed by atoms with E-state index in [1.54, 1.807) is 21.3 Å². The minimum atomic E-state index is -3.49. The van der Waals surface area contributed by atoms with E-state index in [1.165, 1.54) is 7.11 Å². The number of ether oxygens (including phenoxy) is 1. The van der Waals surface area contributed by atoms with Gasteiger partial charge in [-0.2, -0.15) is 4.31 Å². The lowest BCUT2D eigenvalue weighted by atomic mass is 9.88. The summed E-state index contributed by atoms with van der Waals surface area (Å²) in [4.78, 5) is 14.4. The van der Waals surface area contributed by atoms with Gasteiger partial charge in [0.05, 0.1) is 10.4 Å². The summed E-state index contributed by atoms with van der Waals surface area (Å²) < 4.78 is 32.9. The Bertz CT molecular complexity index is 775. The molecular formula is C17H22N2O4S. The van der Waals surface area contributed by atoms with Gasteiger partial charge in [0, 0.05) is 26.7 Å². The monoisotopic (exact) mass is 350 g/mol. The molecule has 0 radical (unpaired) electrons. The number of rotatable bonds is 4. The fourth-order valence-corrected chi connectivity index (χ4v) is 6.15. The Kier molecular flexibility index (Phi) is 3.71. The van der Waals surface area contributed by atoms with Crippen molar-refractivity contribution in [3.63, 3.8) is 0 Å². The molecule has 1 spiro atoms. The van der Waals surface area contributed by atoms with Crippen molar-refractivity contribution in [3.05, 3.63) is 29.8 Å². The van der Waals surface area contributed by atoms with E-state index in [-0.39, 0.29) is 12.5 Å². The molecule has 3 aliphatic rings. The molecule has 130 valence electrons. The number of sulfonamides is 1. The average Bonchev–Trinajstić information content (AvgIpc) is 3.25. The molecule has 4 rings (SSSR count). The maximum atomic E-state index is 13.1. The summed E-state index contributed by atoms with van der Waals surface area (Å²) in [5.41, 5.74) is 0.236. The van der Waals surface area contributed by atoms with Crippen LogP contribution in [0.25, 0.3) is 0 Å². The number of carbonyl (C=O) groups is 1. The van der Waals surface area contributed by atoms with Gasteiger partial charge < -0.3 is 9.64 Å². The molecule has 2 aliphatic heterocycles. The first kappa shape index (κ1) is 16.1. The maximum absolute atomic E-state index is 13.1. The van der Waals surface area contributed by atoms with E-state index in [0.717, 1.165) is 18.4 Å². The van der Waals surface area contributed by atoms with Gasteiger partial charge in [-0.3, -0.25) is 4.79 Å². The van der Waals surface area contributed by atoms with Crippen molar-refractivity contribution in [1.29, 1.82) is 0 Å². The van der Waals surface area contributed by atoms with E-state index in [9.17, 15) is 13.2 Å². The number of hydrogen-bond donors (Lipinski definition) is 0. The molecule has 2 heterocycles. The van der Waals surface area contributed by atoms with Crippen molar-refractivity contribution in [2.75, 3.05) is 33.4 Å². The molecule has 0 bridgehead atoms. The highest BCUT2D eigenvalue weighted by atomic mass is 32.2. The smallest absolute Gasteiger partial charge is 0.248 e. The molecule has 1 aromatic rings. The van der Waals surface area contributed by atoms with Gasteiger partial charge in [-0.1, -0.05) is 18.2 Å². The Hall–Kier alpha value is -1.44. The number of fused-ring (bicyclic) bond motifs is 2. The van der Waals surface area contributed by atoms with E-state index < -0.39 is 15.6 Å². The van der Waals surface area contributed by atoms with Gasteiger partial charge in [0.15, 0.2) is 0 Å². The topological polar surface area (TPSA) is 66.9 Å². The SMILES string of the molecule is COCC(=O)N1CC[C@@]2(C1)c1ccccc1S(=O)(=O)N2CC1CC1. The van der Waals surface area contributed by atoms with E-state index in [4.69, 9.17) is 4.74 Å². The third kappa shape index (κ3) is 2.29. The molecule has 1 saturated carbocycles. The molecule has 1 aliphatic carbocycles. The standard InChI is InChI=1S/C17H22N2O4S/c1-23-11-16(20)18-9-8-17(12-18)14-4-2-3-5-15(14)24(21,22)19(17)10-13-6-7-13/h2-5,13H,6-12H2,1H3/t17-/m1/s1. The molecular weight excluding hydrogens is 328 g/mol. The van der Waals surface area contributed by atoms with Crippen LogP contribution in [0.5, 0.6) is 0 Å². The number of amides is 1. The highest BCUT2D eigenvalue weighted by Gasteiger charge is 2.58. The lowest BCUT2D eigenvalue weighted by molar-refractivity contribution is -0.134. The van der Waals surface area contributed by atoms with Crippen molar-refractivity contribution in [2.24, 2.45) is 5.92 Å². The third-order valence-corrected chi connectivity index (χ3v) is 7.41. The Morgan fingerprint density at radius 3 is 2.79 bits per heavy atom. The van der Waals surface area contributed by atoms with Crippen LogP contribution in [0, 0.1) is 5.92 Å². The summed E-state index contributed by atoms with van der Waals surface area (Å²) in [6.45, 7) is 1.57. The molecule has 1 atom stereocenters. The van der Waals surface area contributed by atoms with Gasteiger partial charge in [-0.25, -0.2) is 8.42 Å². The highest BCUT2D eigenvalue weighted by molar-refractivity contribution is 7.89. The van der Waals surface area contributed by atoms with Crippen LogP contribution < -0.4 is 0 Å². The lowest BCUT2D eigenvalue weighted by Gasteiger charge is -2.34. The zero-order valence-corrected chi connectivity index (χ0v) is 14.6. The predicted octanol–water partition coefficient (Wildman–Crippen LogP) is 1.17. The van der Waals surface area contributed by atoms with Gasteiger partial charge in [0.2, 0.25) is 15.9 Å². The van der Waals surface area contributed by atoms with Gasteiger partial charge in [-0.15, -0.1) is 0 Å². The number of nitrogens with zero attached hydrogens (tertiary/aromatic N) is 2. The second kappa shape index (κ2) is 5.54. The zero-order valence-electron chi connectivity index (χ0n) is 13.8. The molecule has 7 heteroatoms. The van der Waals surface area contributed by atoms with Crippen LogP contribution in [0.2, 0.25) is 0 Å². The van der Waals surface area contributed by atoms with E-state index in [0.29, 0.717) is 36.9 Å². The Labute approximate surface area is 142 Å². The average molecular weight is 350 g/mol. The van der Waals surface area contributed by atoms with E-state index in [1.807, 2.05) is 12.1 Å². The van der Waals surface area contributed by atoms with Gasteiger partial charge in [-0.05, 0) is 36.8 Å². The third-order valence-electron chi connectivity index (χ3n) is 5.42. The first-order valence-electron chi connectivity index (χ1n) is 8.38. The Balaban J connectivity index is 1.75. The second-order valence-corrected chi connectivity index (χ2v) is 8.84. The molecule has 2 fully saturated rings. The number of benzene rings is 1. The Morgan fingerprint density at radius 2 is 2.08 bits per heavy atom. The van der Waals surface area contributed by atoms with Crippen LogP contribution in [-0.4, -0.2) is 56.9 Å². The molecule has 6 nitrogen and oxygen atoms in total. The summed E-state index contributed by atoms with van der Waals surface area (Å²) in [7, 11) is -1.99. The molecule has 24 heavy (non-hydrogen) atoms. The molecule has 0 N–H and O–H groups in total.